The van der Waals surface area contributed by atoms with E-state index in [0.717, 1.165) is 17.3 Å². The number of rotatable bonds is 5. The maximum absolute atomic E-state index is 12.1. The predicted octanol–water partition coefficient (Wildman–Crippen LogP) is 2.91. The maximum atomic E-state index is 12.1. The molecule has 0 saturated carbocycles. The number of thioether (sulfide) groups is 1. The number of nitrogens with zero attached hydrogens (tertiary/aromatic N) is 4. The van der Waals surface area contributed by atoms with Crippen molar-refractivity contribution >= 4 is 29.0 Å². The van der Waals surface area contributed by atoms with Gasteiger partial charge in [-0.15, -0.1) is 0 Å². The summed E-state index contributed by atoms with van der Waals surface area (Å²) in [5, 5.41) is 23.2. The Morgan fingerprint density at radius 1 is 1.36 bits per heavy atom. The summed E-state index contributed by atoms with van der Waals surface area (Å²) in [6.45, 7) is 5.14. The highest BCUT2D eigenvalue weighted by atomic mass is 32.2. The zero-order valence-electron chi connectivity index (χ0n) is 13.9. The maximum Gasteiger partial charge on any atom is 0.293 e. The number of aryl methyl sites for hydroxylation is 3. The number of benzene rings is 1. The summed E-state index contributed by atoms with van der Waals surface area (Å²) in [5.41, 5.74) is 1.57. The first kappa shape index (κ1) is 18.4. The average molecular weight is 357 g/mol. The Bertz CT molecular complexity index is 892. The lowest BCUT2D eigenvalue weighted by molar-refractivity contribution is -0.384. The molecule has 0 bridgehead atoms. The number of aromatic nitrogens is 2. The van der Waals surface area contributed by atoms with E-state index in [-0.39, 0.29) is 17.1 Å². The Morgan fingerprint density at radius 2 is 2.08 bits per heavy atom. The van der Waals surface area contributed by atoms with Crippen LogP contribution in [-0.2, 0) is 4.79 Å². The van der Waals surface area contributed by atoms with Crippen molar-refractivity contribution in [2.45, 2.75) is 25.8 Å². The first-order chi connectivity index (χ1) is 11.8. The summed E-state index contributed by atoms with van der Waals surface area (Å²) in [4.78, 5) is 31.0. The third-order valence-corrected chi connectivity index (χ3v) is 4.22. The van der Waals surface area contributed by atoms with Gasteiger partial charge >= 0.3 is 0 Å². The highest BCUT2D eigenvalue weighted by molar-refractivity contribution is 8.00. The number of amides is 1. The topological polar surface area (TPSA) is 122 Å². The van der Waals surface area contributed by atoms with Crippen molar-refractivity contribution in [3.8, 4) is 6.07 Å². The van der Waals surface area contributed by atoms with E-state index in [1.807, 2.05) is 6.07 Å². The number of nitrogens with one attached hydrogen (secondary N) is 1. The lowest BCUT2D eigenvalue weighted by Crippen LogP contribution is -2.15. The molecule has 1 aromatic carbocycles. The van der Waals surface area contributed by atoms with E-state index in [2.05, 4.69) is 15.3 Å². The van der Waals surface area contributed by atoms with E-state index in [1.54, 1.807) is 26.8 Å². The summed E-state index contributed by atoms with van der Waals surface area (Å²) in [6.07, 6.45) is 0. The molecule has 0 spiro atoms. The smallest absolute Gasteiger partial charge is 0.293 e. The van der Waals surface area contributed by atoms with Gasteiger partial charge in [0.15, 0.2) is 0 Å². The highest BCUT2D eigenvalue weighted by Gasteiger charge is 2.17. The molecule has 0 fully saturated rings. The fraction of sp³-hybridized carbons (Fsp3) is 0.250. The molecule has 2 rings (SSSR count). The van der Waals surface area contributed by atoms with Crippen molar-refractivity contribution in [3.05, 3.63) is 51.0 Å². The predicted molar refractivity (Wildman–Crippen MR) is 93.4 cm³/mol. The van der Waals surface area contributed by atoms with Gasteiger partial charge in [-0.05, 0) is 32.4 Å². The third kappa shape index (κ3) is 4.51. The molecule has 0 saturated heterocycles. The molecular formula is C16H15N5O3S. The van der Waals surface area contributed by atoms with Gasteiger partial charge in [0.05, 0.1) is 16.4 Å². The van der Waals surface area contributed by atoms with Crippen molar-refractivity contribution in [2.24, 2.45) is 0 Å². The number of nitriles is 1. The van der Waals surface area contributed by atoms with E-state index < -0.39 is 10.8 Å². The van der Waals surface area contributed by atoms with Crippen LogP contribution in [0.15, 0.2) is 23.2 Å². The van der Waals surface area contributed by atoms with E-state index in [1.165, 1.54) is 12.1 Å². The molecule has 0 unspecified atom stereocenters. The molecule has 1 heterocycles. The number of nitro groups is 1. The molecule has 25 heavy (non-hydrogen) atoms. The molecule has 1 amide bonds. The number of anilines is 1. The summed E-state index contributed by atoms with van der Waals surface area (Å²) in [7, 11) is 0. The molecule has 1 aromatic heterocycles. The first-order valence-electron chi connectivity index (χ1n) is 7.25. The van der Waals surface area contributed by atoms with E-state index in [4.69, 9.17) is 0 Å². The zero-order chi connectivity index (χ0) is 18.6. The van der Waals surface area contributed by atoms with Crippen molar-refractivity contribution in [2.75, 3.05) is 11.1 Å². The van der Waals surface area contributed by atoms with Crippen LogP contribution in [0.25, 0.3) is 0 Å². The van der Waals surface area contributed by atoms with Gasteiger partial charge in [0.2, 0.25) is 5.91 Å². The Kier molecular flexibility index (Phi) is 5.67. The van der Waals surface area contributed by atoms with Crippen LogP contribution in [0.5, 0.6) is 0 Å². The number of hydrogen-bond donors (Lipinski definition) is 1. The summed E-state index contributed by atoms with van der Waals surface area (Å²) >= 11 is 1.09. The first-order valence-corrected chi connectivity index (χ1v) is 8.23. The van der Waals surface area contributed by atoms with E-state index in [9.17, 15) is 20.2 Å². The molecule has 0 radical (unpaired) electrons. The van der Waals surface area contributed by atoms with Gasteiger partial charge in [-0.3, -0.25) is 14.9 Å². The Morgan fingerprint density at radius 3 is 2.72 bits per heavy atom. The largest absolute Gasteiger partial charge is 0.320 e. The second-order valence-electron chi connectivity index (χ2n) is 5.26. The van der Waals surface area contributed by atoms with Crippen molar-refractivity contribution in [3.63, 3.8) is 0 Å². The fourth-order valence-corrected chi connectivity index (χ4v) is 3.01. The van der Waals surface area contributed by atoms with Crippen LogP contribution in [0.2, 0.25) is 0 Å². The average Bonchev–Trinajstić information content (AvgIpc) is 2.54. The summed E-state index contributed by atoms with van der Waals surface area (Å²) in [5.74, 6) is 0.0543. The molecule has 2 aromatic rings. The van der Waals surface area contributed by atoms with Crippen LogP contribution in [-0.4, -0.2) is 26.6 Å². The van der Waals surface area contributed by atoms with Gasteiger partial charge in [0.1, 0.15) is 28.2 Å². The minimum Gasteiger partial charge on any atom is -0.320 e. The van der Waals surface area contributed by atoms with Gasteiger partial charge in [0.25, 0.3) is 5.69 Å². The molecule has 128 valence electrons. The van der Waals surface area contributed by atoms with Crippen LogP contribution in [0.3, 0.4) is 0 Å². The van der Waals surface area contributed by atoms with E-state index >= 15 is 0 Å². The lowest BCUT2D eigenvalue weighted by atomic mass is 10.2. The number of carbonyl (C=O) groups is 1. The lowest BCUT2D eigenvalue weighted by Gasteiger charge is -2.08. The fourth-order valence-electron chi connectivity index (χ4n) is 2.13. The standard InChI is InChI=1S/C16H15N5O3S/c1-9-4-5-13(14(6-9)21(23)24)20-15(22)8-25-16-12(7-17)10(2)18-11(3)19-16/h4-6H,8H2,1-3H3,(H,20,22). The van der Waals surface area contributed by atoms with Gasteiger partial charge in [-0.1, -0.05) is 17.8 Å². The van der Waals surface area contributed by atoms with Gasteiger partial charge < -0.3 is 5.32 Å². The molecule has 8 nitrogen and oxygen atoms in total. The van der Waals surface area contributed by atoms with Crippen LogP contribution < -0.4 is 5.32 Å². The minimum absolute atomic E-state index is 0.0321. The summed E-state index contributed by atoms with van der Waals surface area (Å²) < 4.78 is 0. The van der Waals surface area contributed by atoms with Crippen LogP contribution in [0.4, 0.5) is 11.4 Å². The van der Waals surface area contributed by atoms with Gasteiger partial charge in [-0.2, -0.15) is 5.26 Å². The van der Waals surface area contributed by atoms with Crippen molar-refractivity contribution < 1.29 is 9.72 Å². The number of nitro benzene ring substituents is 1. The van der Waals surface area contributed by atoms with E-state index in [0.29, 0.717) is 22.1 Å². The third-order valence-electron chi connectivity index (χ3n) is 3.24. The van der Waals surface area contributed by atoms with Crippen molar-refractivity contribution in [1.82, 2.24) is 9.97 Å². The SMILES string of the molecule is Cc1ccc(NC(=O)CSc2nc(C)nc(C)c2C#N)c([N+](=O)[O-])c1. The molecular weight excluding hydrogens is 342 g/mol. The van der Waals surface area contributed by atoms with Crippen LogP contribution >= 0.6 is 11.8 Å². The molecule has 9 heteroatoms. The second kappa shape index (κ2) is 7.72. The molecule has 0 aliphatic rings. The quantitative estimate of drug-likeness (QED) is 0.378. The Balaban J connectivity index is 2.13. The monoisotopic (exact) mass is 357 g/mol. The van der Waals surface area contributed by atoms with Gasteiger partial charge in [-0.25, -0.2) is 9.97 Å². The molecule has 0 atom stereocenters. The molecule has 1 N–H and O–H groups in total. The van der Waals surface area contributed by atoms with Gasteiger partial charge in [0, 0.05) is 6.07 Å². The second-order valence-corrected chi connectivity index (χ2v) is 6.23. The minimum atomic E-state index is -0.541. The number of carbonyl (C=O) groups excluding carboxylic acids is 1. The number of hydrogen-bond acceptors (Lipinski definition) is 7. The summed E-state index contributed by atoms with van der Waals surface area (Å²) in [6, 6.07) is 6.60. The van der Waals surface area contributed by atoms with Crippen LogP contribution in [0.1, 0.15) is 22.6 Å². The molecule has 0 aliphatic heterocycles. The Labute approximate surface area is 148 Å². The Hall–Kier alpha value is -2.99. The molecule has 0 aliphatic carbocycles. The highest BCUT2D eigenvalue weighted by Crippen LogP contribution is 2.26. The zero-order valence-corrected chi connectivity index (χ0v) is 14.7. The van der Waals surface area contributed by atoms with Crippen molar-refractivity contribution in [1.29, 1.82) is 5.26 Å². The van der Waals surface area contributed by atoms with Crippen LogP contribution in [0, 0.1) is 42.2 Å². The normalized spacial score (nSPS) is 10.2.